The molecule has 0 radical (unpaired) electrons. The molecule has 0 saturated heterocycles. The van der Waals surface area contributed by atoms with Gasteiger partial charge in [0.15, 0.2) is 0 Å². The van der Waals surface area contributed by atoms with Crippen molar-refractivity contribution in [2.75, 3.05) is 17.2 Å². The molecule has 4 rings (SSSR count). The number of rotatable bonds is 7. The van der Waals surface area contributed by atoms with Crippen LogP contribution in [0.4, 0.5) is 24.5 Å². The van der Waals surface area contributed by atoms with E-state index in [2.05, 4.69) is 10.6 Å². The lowest BCUT2D eigenvalue weighted by Crippen LogP contribution is -2.09. The number of carbonyl (C=O) groups excluding carboxylic acids is 2. The number of anilines is 2. The molecule has 1 heterocycles. The van der Waals surface area contributed by atoms with Crippen LogP contribution in [0.5, 0.6) is 5.75 Å². The number of nitrogens with one attached hydrogen (secondary N) is 2. The fourth-order valence-electron chi connectivity index (χ4n) is 3.87. The van der Waals surface area contributed by atoms with Crippen LogP contribution in [0.2, 0.25) is 0 Å². The van der Waals surface area contributed by atoms with Crippen LogP contribution < -0.4 is 15.4 Å². The van der Waals surface area contributed by atoms with E-state index in [9.17, 15) is 22.8 Å². The van der Waals surface area contributed by atoms with Gasteiger partial charge in [-0.15, -0.1) is 0 Å². The number of ether oxygens (including phenoxy) is 1. The van der Waals surface area contributed by atoms with Crippen LogP contribution in [0.3, 0.4) is 0 Å². The van der Waals surface area contributed by atoms with Gasteiger partial charge in [-0.05, 0) is 60.0 Å². The molecule has 0 fully saturated rings. The average molecular weight is 492 g/mol. The van der Waals surface area contributed by atoms with Gasteiger partial charge in [-0.2, -0.15) is 13.2 Å². The molecule has 184 valence electrons. The summed E-state index contributed by atoms with van der Waals surface area (Å²) >= 11 is 0. The van der Waals surface area contributed by atoms with E-state index in [1.807, 2.05) is 6.92 Å². The molecule has 36 heavy (non-hydrogen) atoms. The van der Waals surface area contributed by atoms with Crippen molar-refractivity contribution in [3.63, 3.8) is 0 Å². The molecule has 3 aromatic carbocycles. The van der Waals surface area contributed by atoms with E-state index < -0.39 is 17.6 Å². The Kier molecular flexibility index (Phi) is 7.24. The van der Waals surface area contributed by atoms with Gasteiger partial charge in [0.2, 0.25) is 11.8 Å². The smallest absolute Gasteiger partial charge is 0.416 e. The van der Waals surface area contributed by atoms with Gasteiger partial charge in [0.25, 0.3) is 0 Å². The second kappa shape index (κ2) is 10.5. The Labute approximate surface area is 206 Å². The summed E-state index contributed by atoms with van der Waals surface area (Å²) in [6, 6.07) is 17.2. The number of amides is 2. The minimum Gasteiger partial charge on any atom is -0.494 e. The predicted octanol–water partition coefficient (Wildman–Crippen LogP) is 6.23. The van der Waals surface area contributed by atoms with Crippen LogP contribution in [0.1, 0.15) is 29.2 Å². The highest BCUT2D eigenvalue weighted by molar-refractivity contribution is 6.05. The number of hydrogen-bond donors (Lipinski definition) is 2. The van der Waals surface area contributed by atoms with Crippen molar-refractivity contribution in [2.24, 2.45) is 0 Å². The van der Waals surface area contributed by atoms with Gasteiger partial charge in [-0.1, -0.05) is 42.5 Å². The van der Waals surface area contributed by atoms with E-state index >= 15 is 0 Å². The first kappa shape index (κ1) is 24.8. The van der Waals surface area contributed by atoms with Gasteiger partial charge >= 0.3 is 6.18 Å². The number of alkyl halides is 3. The first-order valence-corrected chi connectivity index (χ1v) is 11.3. The van der Waals surface area contributed by atoms with E-state index in [1.54, 1.807) is 48.5 Å². The Morgan fingerprint density at radius 2 is 1.69 bits per heavy atom. The molecule has 5 nitrogen and oxygen atoms in total. The first-order chi connectivity index (χ1) is 17.2. The van der Waals surface area contributed by atoms with Crippen molar-refractivity contribution in [1.82, 2.24) is 0 Å². The lowest BCUT2D eigenvalue weighted by Gasteiger charge is -2.12. The van der Waals surface area contributed by atoms with Crippen LogP contribution >= 0.6 is 0 Å². The van der Waals surface area contributed by atoms with Crippen molar-refractivity contribution < 1.29 is 27.5 Å². The molecule has 1 aliphatic heterocycles. The second-order valence-corrected chi connectivity index (χ2v) is 8.02. The molecular formula is C28H23F3N2O3. The summed E-state index contributed by atoms with van der Waals surface area (Å²) in [5.41, 5.74) is 3.12. The van der Waals surface area contributed by atoms with Gasteiger partial charge in [-0.3, -0.25) is 9.59 Å². The third kappa shape index (κ3) is 5.83. The summed E-state index contributed by atoms with van der Waals surface area (Å²) in [6.07, 6.45) is 0.272. The molecule has 8 heteroatoms. The Morgan fingerprint density at radius 3 is 2.33 bits per heavy atom. The molecular weight excluding hydrogens is 469 g/mol. The van der Waals surface area contributed by atoms with Crippen molar-refractivity contribution in [1.29, 1.82) is 0 Å². The van der Waals surface area contributed by atoms with Crippen molar-refractivity contribution in [3.8, 4) is 5.75 Å². The van der Waals surface area contributed by atoms with Gasteiger partial charge < -0.3 is 15.4 Å². The fourth-order valence-corrected chi connectivity index (χ4v) is 3.87. The van der Waals surface area contributed by atoms with E-state index in [4.69, 9.17) is 4.74 Å². The van der Waals surface area contributed by atoms with Gasteiger partial charge in [0, 0.05) is 23.0 Å². The molecule has 0 unspecified atom stereocenters. The Morgan fingerprint density at radius 1 is 1.03 bits per heavy atom. The van der Waals surface area contributed by atoms with Gasteiger partial charge in [0.1, 0.15) is 5.75 Å². The third-order valence-electron chi connectivity index (χ3n) is 5.56. The van der Waals surface area contributed by atoms with E-state index in [1.165, 1.54) is 24.3 Å². The molecule has 0 saturated carbocycles. The van der Waals surface area contributed by atoms with E-state index in [-0.39, 0.29) is 12.3 Å². The maximum absolute atomic E-state index is 13.0. The highest BCUT2D eigenvalue weighted by atomic mass is 19.4. The Bertz CT molecular complexity index is 1330. The fraction of sp³-hybridized carbons (Fsp3) is 0.143. The van der Waals surface area contributed by atoms with Crippen LogP contribution in [-0.4, -0.2) is 18.4 Å². The zero-order valence-electron chi connectivity index (χ0n) is 19.4. The predicted molar refractivity (Wildman–Crippen MR) is 133 cm³/mol. The molecule has 0 spiro atoms. The summed E-state index contributed by atoms with van der Waals surface area (Å²) in [5.74, 6) is 0.130. The van der Waals surface area contributed by atoms with Crippen molar-refractivity contribution >= 4 is 28.8 Å². The largest absolute Gasteiger partial charge is 0.494 e. The Balaban J connectivity index is 1.59. The summed E-state index contributed by atoms with van der Waals surface area (Å²) in [6.45, 7) is 2.38. The number of allylic oxidation sites excluding steroid dienone is 2. The number of carbonyl (C=O) groups is 2. The minimum atomic E-state index is -4.43. The van der Waals surface area contributed by atoms with Crippen molar-refractivity contribution in [3.05, 3.63) is 107 Å². The maximum Gasteiger partial charge on any atom is 0.416 e. The lowest BCUT2D eigenvalue weighted by atomic mass is 9.96. The quantitative estimate of drug-likeness (QED) is 0.304. The zero-order valence-corrected chi connectivity index (χ0v) is 19.4. The van der Waals surface area contributed by atoms with E-state index in [0.717, 1.165) is 23.3 Å². The second-order valence-electron chi connectivity index (χ2n) is 8.02. The SMILES string of the molecule is CCOc1ccc(/C(=C/C=C/C(=O)Nc2cccc3c2CC(=O)N3)c2ccc(C(F)(F)F)cc2)cc1. The molecule has 0 aromatic heterocycles. The molecule has 2 N–H and O–H groups in total. The van der Waals surface area contributed by atoms with Crippen LogP contribution in [0, 0.1) is 0 Å². The first-order valence-electron chi connectivity index (χ1n) is 11.3. The summed E-state index contributed by atoms with van der Waals surface area (Å²) in [7, 11) is 0. The highest BCUT2D eigenvalue weighted by Crippen LogP contribution is 2.32. The Hall–Kier alpha value is -4.33. The van der Waals surface area contributed by atoms with Crippen molar-refractivity contribution in [2.45, 2.75) is 19.5 Å². The third-order valence-corrected chi connectivity index (χ3v) is 5.56. The normalized spacial score (nSPS) is 13.4. The van der Waals surface area contributed by atoms with Crippen LogP contribution in [0.25, 0.3) is 5.57 Å². The molecule has 0 aliphatic carbocycles. The molecule has 0 bridgehead atoms. The van der Waals surface area contributed by atoms with E-state index in [0.29, 0.717) is 34.9 Å². The zero-order chi connectivity index (χ0) is 25.7. The lowest BCUT2D eigenvalue weighted by molar-refractivity contribution is -0.137. The van der Waals surface area contributed by atoms with Gasteiger partial charge in [-0.25, -0.2) is 0 Å². The summed E-state index contributed by atoms with van der Waals surface area (Å²) in [5, 5.41) is 5.51. The maximum atomic E-state index is 13.0. The van der Waals surface area contributed by atoms with Gasteiger partial charge in [0.05, 0.1) is 18.6 Å². The average Bonchev–Trinajstić information content (AvgIpc) is 3.24. The number of fused-ring (bicyclic) bond motifs is 1. The van der Waals surface area contributed by atoms with Crippen LogP contribution in [-0.2, 0) is 22.2 Å². The standard InChI is InChI=1S/C28H23F3N2O3/c1-2-36-21-15-11-19(12-16-21)22(18-9-13-20(14-10-18)28(29,30)31)5-3-8-26(34)32-24-6-4-7-25-23(24)17-27(35)33-25/h3-16H,2,17H2,1H3,(H,32,34)(H,33,35)/b8-3+,22-5+. The topological polar surface area (TPSA) is 67.4 Å². The van der Waals surface area contributed by atoms with Crippen LogP contribution in [0.15, 0.2) is 85.0 Å². The number of hydrogen-bond acceptors (Lipinski definition) is 3. The minimum absolute atomic E-state index is 0.137. The number of benzene rings is 3. The number of halogens is 3. The molecule has 2 amide bonds. The summed E-state index contributed by atoms with van der Waals surface area (Å²) < 4.78 is 44.6. The molecule has 3 aromatic rings. The molecule has 1 aliphatic rings. The highest BCUT2D eigenvalue weighted by Gasteiger charge is 2.30. The summed E-state index contributed by atoms with van der Waals surface area (Å²) in [4.78, 5) is 24.2. The monoisotopic (exact) mass is 492 g/mol. The molecule has 0 atom stereocenters.